The van der Waals surface area contributed by atoms with Crippen LogP contribution in [0.3, 0.4) is 0 Å². The zero-order chi connectivity index (χ0) is 12.1. The van der Waals surface area contributed by atoms with E-state index in [0.717, 1.165) is 25.2 Å². The summed E-state index contributed by atoms with van der Waals surface area (Å²) in [4.78, 5) is 4.43. The van der Waals surface area contributed by atoms with Gasteiger partial charge in [0.05, 0.1) is 0 Å². The first kappa shape index (κ1) is 11.9. The van der Waals surface area contributed by atoms with Crippen LogP contribution in [-0.2, 0) is 19.5 Å². The summed E-state index contributed by atoms with van der Waals surface area (Å²) in [5.41, 5.74) is 8.23. The second-order valence-corrected chi connectivity index (χ2v) is 4.19. The smallest absolute Gasteiger partial charge is 0.113 e. The van der Waals surface area contributed by atoms with Crippen LogP contribution in [-0.4, -0.2) is 9.55 Å². The number of nitrogens with two attached hydrogens (primary N) is 1. The molecule has 3 heteroatoms. The molecule has 1 heterocycles. The lowest BCUT2D eigenvalue weighted by Gasteiger charge is -2.09. The van der Waals surface area contributed by atoms with Crippen LogP contribution in [0, 0.1) is 0 Å². The Kier molecular flexibility index (Phi) is 3.94. The molecule has 0 amide bonds. The Balaban J connectivity index is 2.22. The van der Waals surface area contributed by atoms with E-state index in [1.54, 1.807) is 0 Å². The lowest BCUT2D eigenvalue weighted by atomic mass is 10.0. The largest absolute Gasteiger partial charge is 0.335 e. The third-order valence-electron chi connectivity index (χ3n) is 2.95. The highest BCUT2D eigenvalue weighted by Gasteiger charge is 2.06. The van der Waals surface area contributed by atoms with Gasteiger partial charge in [-0.2, -0.15) is 0 Å². The van der Waals surface area contributed by atoms with Gasteiger partial charge in [0.1, 0.15) is 5.82 Å². The van der Waals surface area contributed by atoms with Gasteiger partial charge in [0.25, 0.3) is 0 Å². The van der Waals surface area contributed by atoms with Crippen molar-refractivity contribution < 1.29 is 0 Å². The topological polar surface area (TPSA) is 43.8 Å². The predicted octanol–water partition coefficient (Wildman–Crippen LogP) is 2.34. The maximum absolute atomic E-state index is 5.75. The highest BCUT2D eigenvalue weighted by molar-refractivity contribution is 5.29. The van der Waals surface area contributed by atoms with Gasteiger partial charge in [-0.15, -0.1) is 0 Å². The second kappa shape index (κ2) is 5.64. The van der Waals surface area contributed by atoms with Crippen LogP contribution in [0.4, 0.5) is 0 Å². The van der Waals surface area contributed by atoms with Crippen LogP contribution >= 0.6 is 0 Å². The summed E-state index contributed by atoms with van der Waals surface area (Å²) in [5, 5.41) is 0. The monoisotopic (exact) mass is 229 g/mol. The number of rotatable bonds is 5. The van der Waals surface area contributed by atoms with E-state index in [1.807, 2.05) is 18.5 Å². The summed E-state index contributed by atoms with van der Waals surface area (Å²) in [6.07, 6.45) is 5.90. The number of aromatic nitrogens is 2. The Morgan fingerprint density at radius 1 is 1.24 bits per heavy atom. The molecule has 0 atom stereocenters. The summed E-state index contributed by atoms with van der Waals surface area (Å²) in [6.45, 7) is 3.79. The molecule has 17 heavy (non-hydrogen) atoms. The molecule has 0 aliphatic heterocycles. The van der Waals surface area contributed by atoms with Crippen molar-refractivity contribution in [2.24, 2.45) is 5.73 Å². The molecule has 1 aromatic carbocycles. The SMILES string of the molecule is CCCn1ccnc1Cc1ccccc1CN. The molecule has 0 aliphatic rings. The van der Waals surface area contributed by atoms with Gasteiger partial charge in [-0.05, 0) is 17.5 Å². The summed E-state index contributed by atoms with van der Waals surface area (Å²) < 4.78 is 2.22. The van der Waals surface area contributed by atoms with Crippen LogP contribution in [0.25, 0.3) is 0 Å². The minimum Gasteiger partial charge on any atom is -0.335 e. The fourth-order valence-electron chi connectivity index (χ4n) is 2.05. The number of hydrogen-bond donors (Lipinski definition) is 1. The first-order valence-electron chi connectivity index (χ1n) is 6.12. The molecule has 0 fully saturated rings. The van der Waals surface area contributed by atoms with Gasteiger partial charge < -0.3 is 10.3 Å². The molecule has 0 saturated carbocycles. The lowest BCUT2D eigenvalue weighted by molar-refractivity contribution is 0.646. The first-order chi connectivity index (χ1) is 8.35. The zero-order valence-corrected chi connectivity index (χ0v) is 10.3. The van der Waals surface area contributed by atoms with Crippen molar-refractivity contribution in [3.8, 4) is 0 Å². The maximum Gasteiger partial charge on any atom is 0.113 e. The lowest BCUT2D eigenvalue weighted by Crippen LogP contribution is -2.07. The van der Waals surface area contributed by atoms with Crippen LogP contribution in [0.2, 0.25) is 0 Å². The molecular formula is C14H19N3. The van der Waals surface area contributed by atoms with Crippen LogP contribution in [0.5, 0.6) is 0 Å². The van der Waals surface area contributed by atoms with Gasteiger partial charge in [0.2, 0.25) is 0 Å². The van der Waals surface area contributed by atoms with Crippen molar-refractivity contribution in [3.63, 3.8) is 0 Å². The molecule has 2 rings (SSSR count). The molecule has 0 unspecified atom stereocenters. The van der Waals surface area contributed by atoms with E-state index < -0.39 is 0 Å². The van der Waals surface area contributed by atoms with E-state index in [4.69, 9.17) is 5.73 Å². The highest BCUT2D eigenvalue weighted by atomic mass is 15.1. The zero-order valence-electron chi connectivity index (χ0n) is 10.3. The highest BCUT2D eigenvalue weighted by Crippen LogP contribution is 2.13. The summed E-state index contributed by atoms with van der Waals surface area (Å²) in [6, 6.07) is 8.31. The third kappa shape index (κ3) is 2.74. The third-order valence-corrected chi connectivity index (χ3v) is 2.95. The van der Waals surface area contributed by atoms with Gasteiger partial charge in [-0.3, -0.25) is 0 Å². The van der Waals surface area contributed by atoms with E-state index in [2.05, 4.69) is 34.7 Å². The molecule has 0 radical (unpaired) electrons. The van der Waals surface area contributed by atoms with Crippen molar-refractivity contribution in [3.05, 3.63) is 53.6 Å². The van der Waals surface area contributed by atoms with Gasteiger partial charge in [-0.25, -0.2) is 4.98 Å². The van der Waals surface area contributed by atoms with E-state index in [1.165, 1.54) is 11.1 Å². The number of hydrogen-bond acceptors (Lipinski definition) is 2. The van der Waals surface area contributed by atoms with E-state index in [0.29, 0.717) is 6.54 Å². The minimum atomic E-state index is 0.588. The van der Waals surface area contributed by atoms with E-state index in [-0.39, 0.29) is 0 Å². The fourth-order valence-corrected chi connectivity index (χ4v) is 2.05. The van der Waals surface area contributed by atoms with Crippen LogP contribution < -0.4 is 5.73 Å². The molecule has 0 aliphatic carbocycles. The van der Waals surface area contributed by atoms with Crippen molar-refractivity contribution in [1.82, 2.24) is 9.55 Å². The molecule has 90 valence electrons. The van der Waals surface area contributed by atoms with Gasteiger partial charge >= 0.3 is 0 Å². The van der Waals surface area contributed by atoms with Gasteiger partial charge in [0.15, 0.2) is 0 Å². The Bertz CT molecular complexity index is 474. The molecule has 0 spiro atoms. The van der Waals surface area contributed by atoms with E-state index in [9.17, 15) is 0 Å². The second-order valence-electron chi connectivity index (χ2n) is 4.19. The van der Waals surface area contributed by atoms with Crippen LogP contribution in [0.15, 0.2) is 36.7 Å². The summed E-state index contributed by atoms with van der Waals surface area (Å²) in [7, 11) is 0. The molecular weight excluding hydrogens is 210 g/mol. The quantitative estimate of drug-likeness (QED) is 0.855. The standard InChI is InChI=1S/C14H19N3/c1-2-8-17-9-7-16-14(17)10-12-5-3-4-6-13(12)11-15/h3-7,9H,2,8,10-11,15H2,1H3. The minimum absolute atomic E-state index is 0.588. The Hall–Kier alpha value is -1.61. The molecule has 2 aromatic rings. The Morgan fingerprint density at radius 3 is 2.71 bits per heavy atom. The average molecular weight is 229 g/mol. The predicted molar refractivity (Wildman–Crippen MR) is 69.7 cm³/mol. The van der Waals surface area contributed by atoms with Crippen molar-refractivity contribution >= 4 is 0 Å². The summed E-state index contributed by atoms with van der Waals surface area (Å²) >= 11 is 0. The maximum atomic E-state index is 5.75. The number of imidazole rings is 1. The fraction of sp³-hybridized carbons (Fsp3) is 0.357. The first-order valence-corrected chi connectivity index (χ1v) is 6.12. The molecule has 0 bridgehead atoms. The normalized spacial score (nSPS) is 10.7. The number of benzene rings is 1. The molecule has 3 nitrogen and oxygen atoms in total. The summed E-state index contributed by atoms with van der Waals surface area (Å²) in [5.74, 6) is 1.12. The van der Waals surface area contributed by atoms with Gasteiger partial charge in [-0.1, -0.05) is 31.2 Å². The molecule has 1 aromatic heterocycles. The van der Waals surface area contributed by atoms with Crippen molar-refractivity contribution in [2.75, 3.05) is 0 Å². The molecule has 0 saturated heterocycles. The average Bonchev–Trinajstić information content (AvgIpc) is 2.78. The van der Waals surface area contributed by atoms with E-state index >= 15 is 0 Å². The number of aryl methyl sites for hydroxylation is 1. The van der Waals surface area contributed by atoms with Crippen LogP contribution in [0.1, 0.15) is 30.3 Å². The number of nitrogens with zero attached hydrogens (tertiary/aromatic N) is 2. The van der Waals surface area contributed by atoms with Gasteiger partial charge in [0, 0.05) is 31.9 Å². The van der Waals surface area contributed by atoms with Crippen molar-refractivity contribution in [2.45, 2.75) is 32.9 Å². The molecule has 2 N–H and O–H groups in total. The Labute approximate surface area is 102 Å². The van der Waals surface area contributed by atoms with Crippen molar-refractivity contribution in [1.29, 1.82) is 0 Å². The Morgan fingerprint density at radius 2 is 2.00 bits per heavy atom.